The van der Waals surface area contributed by atoms with Crippen LogP contribution in [-0.2, 0) is 13.0 Å². The second-order valence-corrected chi connectivity index (χ2v) is 6.39. The maximum atomic E-state index is 5.67. The molecule has 1 fully saturated rings. The van der Waals surface area contributed by atoms with E-state index in [0.29, 0.717) is 5.13 Å². The van der Waals surface area contributed by atoms with Crippen molar-refractivity contribution in [2.45, 2.75) is 19.4 Å². The lowest BCUT2D eigenvalue weighted by Gasteiger charge is -2.14. The first-order chi connectivity index (χ1) is 9.29. The van der Waals surface area contributed by atoms with Crippen molar-refractivity contribution in [3.05, 3.63) is 47.0 Å². The second-order valence-electron chi connectivity index (χ2n) is 5.24. The number of hydrogen-bond acceptors (Lipinski definition) is 4. The molecule has 0 amide bonds. The van der Waals surface area contributed by atoms with E-state index in [9.17, 15) is 0 Å². The minimum Gasteiger partial charge on any atom is -0.375 e. The van der Waals surface area contributed by atoms with Gasteiger partial charge in [0, 0.05) is 24.2 Å². The zero-order valence-electron chi connectivity index (χ0n) is 11.4. The van der Waals surface area contributed by atoms with Crippen LogP contribution in [0.25, 0.3) is 0 Å². The van der Waals surface area contributed by atoms with Crippen LogP contribution in [-0.4, -0.2) is 23.0 Å². The van der Waals surface area contributed by atoms with E-state index in [1.807, 2.05) is 6.20 Å². The van der Waals surface area contributed by atoms with Gasteiger partial charge < -0.3 is 5.73 Å². The highest BCUT2D eigenvalue weighted by molar-refractivity contribution is 7.15. The van der Waals surface area contributed by atoms with Crippen molar-refractivity contribution < 1.29 is 0 Å². The van der Waals surface area contributed by atoms with Gasteiger partial charge in [0.05, 0.1) is 0 Å². The number of anilines is 1. The van der Waals surface area contributed by atoms with Crippen LogP contribution < -0.4 is 5.73 Å². The van der Waals surface area contributed by atoms with Gasteiger partial charge in [-0.3, -0.25) is 4.90 Å². The number of thiazole rings is 1. The fraction of sp³-hybridized carbons (Fsp3) is 0.400. The predicted molar refractivity (Wildman–Crippen MR) is 87.3 cm³/mol. The Morgan fingerprint density at radius 2 is 2.10 bits per heavy atom. The molecule has 1 aromatic heterocycles. The van der Waals surface area contributed by atoms with E-state index >= 15 is 0 Å². The molecule has 0 spiro atoms. The minimum atomic E-state index is 0. The molecule has 2 N–H and O–H groups in total. The molecule has 3 nitrogen and oxygen atoms in total. The van der Waals surface area contributed by atoms with Gasteiger partial charge in [-0.2, -0.15) is 0 Å². The molecule has 108 valence electrons. The molecule has 1 unspecified atom stereocenters. The molecule has 2 aromatic rings. The summed E-state index contributed by atoms with van der Waals surface area (Å²) in [6.45, 7) is 3.38. The molecular weight excluding hydrogens is 290 g/mol. The van der Waals surface area contributed by atoms with Crippen molar-refractivity contribution in [3.8, 4) is 0 Å². The molecule has 20 heavy (non-hydrogen) atoms. The van der Waals surface area contributed by atoms with Gasteiger partial charge >= 0.3 is 0 Å². The normalized spacial score (nSPS) is 18.9. The molecule has 5 heteroatoms. The predicted octanol–water partition coefficient (Wildman–Crippen LogP) is 3.21. The Labute approximate surface area is 130 Å². The van der Waals surface area contributed by atoms with Crippen molar-refractivity contribution in [1.29, 1.82) is 0 Å². The van der Waals surface area contributed by atoms with Crippen LogP contribution in [0.1, 0.15) is 16.9 Å². The van der Waals surface area contributed by atoms with Crippen LogP contribution >= 0.6 is 23.7 Å². The summed E-state index contributed by atoms with van der Waals surface area (Å²) in [5.74, 6) is 0.785. The maximum absolute atomic E-state index is 5.67. The minimum absolute atomic E-state index is 0. The smallest absolute Gasteiger partial charge is 0.180 e. The quantitative estimate of drug-likeness (QED) is 0.943. The third kappa shape index (κ3) is 3.95. The summed E-state index contributed by atoms with van der Waals surface area (Å²) in [6, 6.07) is 10.8. The molecule has 0 saturated carbocycles. The summed E-state index contributed by atoms with van der Waals surface area (Å²) in [7, 11) is 0. The Morgan fingerprint density at radius 3 is 2.80 bits per heavy atom. The fourth-order valence-corrected chi connectivity index (χ4v) is 3.51. The number of nitrogen functional groups attached to an aromatic ring is 1. The van der Waals surface area contributed by atoms with E-state index < -0.39 is 0 Å². The van der Waals surface area contributed by atoms with E-state index in [1.165, 1.54) is 36.4 Å². The number of nitrogens with two attached hydrogens (primary N) is 1. The molecule has 0 bridgehead atoms. The standard InChI is InChI=1S/C15H19N3S.ClH/c16-15-17-9-14(19-15)11-18-7-6-13(10-18)8-12-4-2-1-3-5-12;/h1-5,9,13H,6-8,10-11H2,(H2,16,17);1H. The Morgan fingerprint density at radius 1 is 1.30 bits per heavy atom. The van der Waals surface area contributed by atoms with Gasteiger partial charge in [0.25, 0.3) is 0 Å². The van der Waals surface area contributed by atoms with Crippen molar-refractivity contribution >= 4 is 28.9 Å². The highest BCUT2D eigenvalue weighted by atomic mass is 35.5. The second kappa shape index (κ2) is 7.07. The van der Waals surface area contributed by atoms with Gasteiger partial charge in [-0.25, -0.2) is 4.98 Å². The average Bonchev–Trinajstić information content (AvgIpc) is 3.01. The van der Waals surface area contributed by atoms with Crippen LogP contribution in [0, 0.1) is 5.92 Å². The van der Waals surface area contributed by atoms with Crippen molar-refractivity contribution in [2.75, 3.05) is 18.8 Å². The van der Waals surface area contributed by atoms with Crippen LogP contribution in [0.4, 0.5) is 5.13 Å². The van der Waals surface area contributed by atoms with E-state index in [4.69, 9.17) is 5.73 Å². The summed E-state index contributed by atoms with van der Waals surface area (Å²) in [5, 5.41) is 0.676. The van der Waals surface area contributed by atoms with Gasteiger partial charge in [-0.05, 0) is 30.9 Å². The number of likely N-dealkylation sites (tertiary alicyclic amines) is 1. The van der Waals surface area contributed by atoms with Gasteiger partial charge in [-0.15, -0.1) is 23.7 Å². The Hall–Kier alpha value is -1.10. The number of rotatable bonds is 4. The molecule has 2 heterocycles. The fourth-order valence-electron chi connectivity index (χ4n) is 2.79. The molecule has 1 aliphatic heterocycles. The number of aromatic nitrogens is 1. The lowest BCUT2D eigenvalue weighted by molar-refractivity contribution is 0.319. The zero-order valence-corrected chi connectivity index (χ0v) is 13.0. The molecule has 1 aromatic carbocycles. The van der Waals surface area contributed by atoms with E-state index in [0.717, 1.165) is 12.5 Å². The van der Waals surface area contributed by atoms with Gasteiger partial charge in [-0.1, -0.05) is 30.3 Å². The average molecular weight is 310 g/mol. The van der Waals surface area contributed by atoms with E-state index in [2.05, 4.69) is 40.2 Å². The lowest BCUT2D eigenvalue weighted by Crippen LogP contribution is -2.20. The molecule has 0 aliphatic carbocycles. The van der Waals surface area contributed by atoms with E-state index in [-0.39, 0.29) is 12.4 Å². The number of nitrogens with zero attached hydrogens (tertiary/aromatic N) is 2. The Bertz CT molecular complexity index is 529. The summed E-state index contributed by atoms with van der Waals surface area (Å²) >= 11 is 1.60. The van der Waals surface area contributed by atoms with Crippen molar-refractivity contribution in [2.24, 2.45) is 5.92 Å². The number of benzene rings is 1. The van der Waals surface area contributed by atoms with Gasteiger partial charge in [0.2, 0.25) is 0 Å². The molecule has 0 radical (unpaired) electrons. The first-order valence-electron chi connectivity index (χ1n) is 6.76. The largest absolute Gasteiger partial charge is 0.375 e. The molecule has 3 rings (SSSR count). The van der Waals surface area contributed by atoms with Gasteiger partial charge in [0.1, 0.15) is 0 Å². The highest BCUT2D eigenvalue weighted by Crippen LogP contribution is 2.24. The topological polar surface area (TPSA) is 42.1 Å². The van der Waals surface area contributed by atoms with Crippen LogP contribution in [0.2, 0.25) is 0 Å². The molecule has 1 saturated heterocycles. The zero-order chi connectivity index (χ0) is 13.1. The van der Waals surface area contributed by atoms with Crippen LogP contribution in [0.5, 0.6) is 0 Å². The molecular formula is C15H20ClN3S. The molecule has 1 atom stereocenters. The third-order valence-electron chi connectivity index (χ3n) is 3.69. The maximum Gasteiger partial charge on any atom is 0.180 e. The number of halogens is 1. The van der Waals surface area contributed by atoms with E-state index in [1.54, 1.807) is 11.3 Å². The summed E-state index contributed by atoms with van der Waals surface area (Å²) in [5.41, 5.74) is 7.13. The highest BCUT2D eigenvalue weighted by Gasteiger charge is 2.22. The summed E-state index contributed by atoms with van der Waals surface area (Å²) in [4.78, 5) is 7.91. The van der Waals surface area contributed by atoms with Crippen molar-refractivity contribution in [1.82, 2.24) is 9.88 Å². The summed E-state index contributed by atoms with van der Waals surface area (Å²) in [6.07, 6.45) is 4.40. The Balaban J connectivity index is 0.00000147. The van der Waals surface area contributed by atoms with Crippen molar-refractivity contribution in [3.63, 3.8) is 0 Å². The third-order valence-corrected chi connectivity index (χ3v) is 4.50. The molecule has 1 aliphatic rings. The summed E-state index contributed by atoms with van der Waals surface area (Å²) < 4.78 is 0. The number of hydrogen-bond donors (Lipinski definition) is 1. The Kier molecular flexibility index (Phi) is 5.40. The first-order valence-corrected chi connectivity index (χ1v) is 7.58. The lowest BCUT2D eigenvalue weighted by atomic mass is 9.99. The SMILES string of the molecule is Cl.Nc1ncc(CN2CCC(Cc3ccccc3)C2)s1. The van der Waals surface area contributed by atoms with Gasteiger partial charge in [0.15, 0.2) is 5.13 Å². The van der Waals surface area contributed by atoms with Crippen LogP contribution in [0.3, 0.4) is 0 Å². The monoisotopic (exact) mass is 309 g/mol. The first kappa shape index (κ1) is 15.3. The van der Waals surface area contributed by atoms with Crippen LogP contribution in [0.15, 0.2) is 36.5 Å².